The highest BCUT2D eigenvalue weighted by Gasteiger charge is 2.48. The van der Waals surface area contributed by atoms with E-state index in [-0.39, 0.29) is 0 Å². The fourth-order valence-corrected chi connectivity index (χ4v) is 10.6. The average Bonchev–Trinajstić information content (AvgIpc) is 3.84. The Kier molecular flexibility index (Phi) is 8.65. The molecule has 0 fully saturated rings. The highest BCUT2D eigenvalue weighted by Crippen LogP contribution is 2.61. The summed E-state index contributed by atoms with van der Waals surface area (Å²) in [5.41, 5.74) is 16.8. The van der Waals surface area contributed by atoms with E-state index in [0.717, 1.165) is 17.1 Å². The molecule has 0 aliphatic heterocycles. The Labute approximate surface area is 349 Å². The number of rotatable bonds is 8. The molecule has 278 valence electrons. The SMILES string of the molecule is c1ccc(-c2ccc(N(c3ccccc3)c3ccc(-c4cccc(-c5ccc6c(c5)-c5sc7ccccc7c5C6(c5ccccc5)c5ccccc5)c4)cc3)cc2)cc1. The zero-order chi connectivity index (χ0) is 39.2. The number of thiophene rings is 1. The summed E-state index contributed by atoms with van der Waals surface area (Å²) in [6.45, 7) is 0. The van der Waals surface area contributed by atoms with Gasteiger partial charge in [0.2, 0.25) is 0 Å². The summed E-state index contributed by atoms with van der Waals surface area (Å²) in [5.74, 6) is 0. The van der Waals surface area contributed by atoms with Crippen LogP contribution in [-0.2, 0) is 5.41 Å². The fourth-order valence-electron chi connectivity index (χ4n) is 9.26. The molecule has 0 amide bonds. The van der Waals surface area contributed by atoms with Crippen molar-refractivity contribution in [3.8, 4) is 43.8 Å². The molecule has 0 radical (unpaired) electrons. The Balaban J connectivity index is 0.978. The first-order valence-corrected chi connectivity index (χ1v) is 21.1. The van der Waals surface area contributed by atoms with Crippen molar-refractivity contribution in [2.24, 2.45) is 0 Å². The minimum atomic E-state index is -0.424. The summed E-state index contributed by atoms with van der Waals surface area (Å²) in [6.07, 6.45) is 0. The van der Waals surface area contributed by atoms with Crippen LogP contribution in [0.2, 0.25) is 0 Å². The van der Waals surface area contributed by atoms with Gasteiger partial charge in [0.1, 0.15) is 0 Å². The van der Waals surface area contributed by atoms with E-state index in [2.05, 4.69) is 241 Å². The monoisotopic (exact) mass is 769 g/mol. The summed E-state index contributed by atoms with van der Waals surface area (Å²) < 4.78 is 1.32. The fraction of sp³-hybridized carbons (Fsp3) is 0.0175. The van der Waals surface area contributed by atoms with Crippen molar-refractivity contribution in [1.29, 1.82) is 0 Å². The maximum absolute atomic E-state index is 2.44. The minimum absolute atomic E-state index is 0.424. The molecule has 0 spiro atoms. The van der Waals surface area contributed by atoms with Crippen LogP contribution in [0.15, 0.2) is 237 Å². The minimum Gasteiger partial charge on any atom is -0.311 e. The molecule has 1 nitrogen and oxygen atoms in total. The second-order valence-corrected chi connectivity index (χ2v) is 16.3. The lowest BCUT2D eigenvalue weighted by molar-refractivity contribution is 0.777. The van der Waals surface area contributed by atoms with Gasteiger partial charge in [-0.05, 0) is 121 Å². The number of benzene rings is 9. The zero-order valence-corrected chi connectivity index (χ0v) is 33.2. The Bertz CT molecular complexity index is 3020. The molecule has 0 saturated heterocycles. The summed E-state index contributed by atoms with van der Waals surface area (Å²) >= 11 is 1.92. The lowest BCUT2D eigenvalue weighted by Gasteiger charge is -2.34. The van der Waals surface area contributed by atoms with Gasteiger partial charge in [-0.25, -0.2) is 0 Å². The van der Waals surface area contributed by atoms with E-state index >= 15 is 0 Å². The number of hydrogen-bond donors (Lipinski definition) is 0. The van der Waals surface area contributed by atoms with Crippen molar-refractivity contribution in [1.82, 2.24) is 0 Å². The van der Waals surface area contributed by atoms with Gasteiger partial charge < -0.3 is 4.90 Å². The van der Waals surface area contributed by atoms with E-state index < -0.39 is 5.41 Å². The summed E-state index contributed by atoms with van der Waals surface area (Å²) in [6, 6.07) is 86.4. The first kappa shape index (κ1) is 34.9. The van der Waals surface area contributed by atoms with E-state index in [0.29, 0.717) is 0 Å². The van der Waals surface area contributed by atoms with Crippen molar-refractivity contribution < 1.29 is 0 Å². The quantitative estimate of drug-likeness (QED) is 0.149. The summed E-state index contributed by atoms with van der Waals surface area (Å²) in [4.78, 5) is 3.69. The van der Waals surface area contributed by atoms with Gasteiger partial charge in [0.05, 0.1) is 5.41 Å². The van der Waals surface area contributed by atoms with Crippen molar-refractivity contribution in [2.45, 2.75) is 5.41 Å². The topological polar surface area (TPSA) is 3.24 Å². The molecular weight excluding hydrogens is 731 g/mol. The molecule has 1 aromatic heterocycles. The van der Waals surface area contributed by atoms with Gasteiger partial charge in [0.15, 0.2) is 0 Å². The Morgan fingerprint density at radius 1 is 0.339 bits per heavy atom. The van der Waals surface area contributed by atoms with E-state index in [1.807, 2.05) is 11.3 Å². The number of anilines is 3. The van der Waals surface area contributed by atoms with Crippen molar-refractivity contribution in [2.75, 3.05) is 4.90 Å². The molecule has 59 heavy (non-hydrogen) atoms. The second-order valence-electron chi connectivity index (χ2n) is 15.3. The highest BCUT2D eigenvalue weighted by molar-refractivity contribution is 7.22. The van der Waals surface area contributed by atoms with E-state index in [9.17, 15) is 0 Å². The molecule has 9 aromatic carbocycles. The van der Waals surface area contributed by atoms with Gasteiger partial charge in [0, 0.05) is 26.6 Å². The Morgan fingerprint density at radius 2 is 0.780 bits per heavy atom. The van der Waals surface area contributed by atoms with Crippen LogP contribution in [0, 0.1) is 0 Å². The van der Waals surface area contributed by atoms with Crippen LogP contribution in [0.1, 0.15) is 22.3 Å². The predicted molar refractivity (Wildman–Crippen MR) is 250 cm³/mol. The normalized spacial score (nSPS) is 12.5. The van der Waals surface area contributed by atoms with E-state index in [4.69, 9.17) is 0 Å². The van der Waals surface area contributed by atoms with Crippen molar-refractivity contribution >= 4 is 38.5 Å². The van der Waals surface area contributed by atoms with Crippen LogP contribution in [-0.4, -0.2) is 0 Å². The zero-order valence-electron chi connectivity index (χ0n) is 32.4. The molecule has 0 N–H and O–H groups in total. The standard InChI is InChI=1S/C57H39NS/c1-5-16-40(17-6-1)41-28-33-49(34-29-41)58(48-24-11-4-12-25-48)50-35-30-42(31-36-50)43-18-15-19-44(38-43)45-32-37-53-52(39-45)56-55(51-26-13-14-27-54(51)59-56)57(53,46-20-7-2-8-21-46)47-22-9-3-10-23-47/h1-39H. The Morgan fingerprint density at radius 3 is 1.41 bits per heavy atom. The van der Waals surface area contributed by atoms with E-state index in [1.165, 1.54) is 76.2 Å². The molecule has 0 saturated carbocycles. The molecule has 10 aromatic rings. The first-order valence-electron chi connectivity index (χ1n) is 20.3. The second kappa shape index (κ2) is 14.6. The lowest BCUT2D eigenvalue weighted by atomic mass is 9.67. The van der Waals surface area contributed by atoms with Gasteiger partial charge in [-0.3, -0.25) is 0 Å². The lowest BCUT2D eigenvalue weighted by Crippen LogP contribution is -2.28. The maximum atomic E-state index is 2.44. The molecule has 1 aliphatic rings. The smallest absolute Gasteiger partial charge is 0.0728 e. The van der Waals surface area contributed by atoms with Gasteiger partial charge in [-0.15, -0.1) is 11.3 Å². The number of hydrogen-bond acceptors (Lipinski definition) is 2. The number of fused-ring (bicyclic) bond motifs is 5. The first-order chi connectivity index (χ1) is 29.3. The van der Waals surface area contributed by atoms with Crippen LogP contribution < -0.4 is 4.90 Å². The molecule has 1 heterocycles. The third-order valence-corrected chi connectivity index (χ3v) is 13.2. The van der Waals surface area contributed by atoms with Crippen LogP contribution in [0.3, 0.4) is 0 Å². The van der Waals surface area contributed by atoms with Gasteiger partial charge in [0.25, 0.3) is 0 Å². The highest BCUT2D eigenvalue weighted by atomic mass is 32.1. The molecule has 11 rings (SSSR count). The molecule has 0 bridgehead atoms. The molecule has 0 unspecified atom stereocenters. The van der Waals surface area contributed by atoms with Crippen LogP contribution in [0.5, 0.6) is 0 Å². The Hall–Kier alpha value is -7.26. The van der Waals surface area contributed by atoms with Gasteiger partial charge in [-0.2, -0.15) is 0 Å². The van der Waals surface area contributed by atoms with Crippen LogP contribution in [0.25, 0.3) is 53.9 Å². The third kappa shape index (κ3) is 5.92. The maximum Gasteiger partial charge on any atom is 0.0728 e. The summed E-state index contributed by atoms with van der Waals surface area (Å²) in [5, 5.41) is 1.33. The van der Waals surface area contributed by atoms with Crippen molar-refractivity contribution in [3.05, 3.63) is 259 Å². The summed E-state index contributed by atoms with van der Waals surface area (Å²) in [7, 11) is 0. The number of nitrogens with zero attached hydrogens (tertiary/aromatic N) is 1. The van der Waals surface area contributed by atoms with E-state index in [1.54, 1.807) is 0 Å². The average molecular weight is 770 g/mol. The molecule has 2 heteroatoms. The van der Waals surface area contributed by atoms with Crippen molar-refractivity contribution in [3.63, 3.8) is 0 Å². The van der Waals surface area contributed by atoms with Gasteiger partial charge >= 0.3 is 0 Å². The number of para-hydroxylation sites is 1. The molecular formula is C57H39NS. The van der Waals surface area contributed by atoms with Crippen LogP contribution >= 0.6 is 11.3 Å². The molecule has 0 atom stereocenters. The predicted octanol–water partition coefficient (Wildman–Crippen LogP) is 15.7. The van der Waals surface area contributed by atoms with Gasteiger partial charge in [-0.1, -0.05) is 182 Å². The molecule has 1 aliphatic carbocycles. The largest absolute Gasteiger partial charge is 0.311 e. The van der Waals surface area contributed by atoms with Crippen LogP contribution in [0.4, 0.5) is 17.1 Å². The third-order valence-electron chi connectivity index (χ3n) is 12.0.